The summed E-state index contributed by atoms with van der Waals surface area (Å²) in [7, 11) is 0. The Morgan fingerprint density at radius 2 is 2.04 bits per heavy atom. The number of thiophene rings is 1. The van der Waals surface area contributed by atoms with Gasteiger partial charge in [-0.3, -0.25) is 14.4 Å². The van der Waals surface area contributed by atoms with Crippen LogP contribution in [0.4, 0.5) is 5.69 Å². The Balaban J connectivity index is 1.75. The zero-order valence-corrected chi connectivity index (χ0v) is 15.4. The normalized spacial score (nSPS) is 10.4. The Bertz CT molecular complexity index is 804. The second kappa shape index (κ2) is 8.73. The third kappa shape index (κ3) is 5.65. The number of Topliss-reactive ketones (excluding diaryl/α,β-unsaturated/α-hetero) is 1. The lowest BCUT2D eigenvalue weighted by Crippen LogP contribution is -2.21. The van der Waals surface area contributed by atoms with Crippen molar-refractivity contribution in [2.45, 2.75) is 26.7 Å². The number of hydrogen-bond acceptors (Lipinski definition) is 6. The number of aryl methyl sites for hydroxylation is 2. The van der Waals surface area contributed by atoms with Crippen LogP contribution in [0.2, 0.25) is 5.15 Å². The third-order valence-electron chi connectivity index (χ3n) is 3.29. The van der Waals surface area contributed by atoms with Gasteiger partial charge in [-0.2, -0.15) is 0 Å². The molecule has 2 aromatic heterocycles. The number of halogens is 1. The third-order valence-corrected chi connectivity index (χ3v) is 4.56. The van der Waals surface area contributed by atoms with Gasteiger partial charge in [0.15, 0.2) is 17.5 Å². The molecule has 0 bridgehead atoms. The van der Waals surface area contributed by atoms with E-state index >= 15 is 0 Å². The Kier molecular flexibility index (Phi) is 6.66. The number of anilines is 1. The smallest absolute Gasteiger partial charge is 0.306 e. The van der Waals surface area contributed by atoms with Crippen LogP contribution in [-0.2, 0) is 14.3 Å². The summed E-state index contributed by atoms with van der Waals surface area (Å²) < 4.78 is 4.87. The average Bonchev–Trinajstić information content (AvgIpc) is 2.91. The van der Waals surface area contributed by atoms with Gasteiger partial charge in [0.05, 0.1) is 12.1 Å². The molecule has 0 spiro atoms. The van der Waals surface area contributed by atoms with E-state index in [-0.39, 0.29) is 23.8 Å². The zero-order chi connectivity index (χ0) is 18.4. The number of nitrogens with zero attached hydrogens (tertiary/aromatic N) is 1. The van der Waals surface area contributed by atoms with E-state index < -0.39 is 18.5 Å². The molecule has 0 unspecified atom stereocenters. The molecule has 1 amide bonds. The van der Waals surface area contributed by atoms with Gasteiger partial charge < -0.3 is 10.1 Å². The topological polar surface area (TPSA) is 85.4 Å². The number of carbonyl (C=O) groups excluding carboxylic acids is 3. The van der Waals surface area contributed by atoms with Crippen LogP contribution < -0.4 is 5.32 Å². The van der Waals surface area contributed by atoms with Crippen LogP contribution in [-0.4, -0.2) is 29.3 Å². The molecule has 0 aromatic carbocycles. The number of amides is 1. The monoisotopic (exact) mass is 380 g/mol. The van der Waals surface area contributed by atoms with Crippen molar-refractivity contribution in [3.8, 4) is 0 Å². The number of ketones is 1. The quantitative estimate of drug-likeness (QED) is 0.451. The molecular weight excluding hydrogens is 364 g/mol. The molecule has 0 saturated carbocycles. The van der Waals surface area contributed by atoms with Crippen LogP contribution in [0.25, 0.3) is 0 Å². The number of nitrogens with one attached hydrogen (secondary N) is 1. The number of esters is 1. The summed E-state index contributed by atoms with van der Waals surface area (Å²) in [5, 5.41) is 2.64. The molecule has 1 N–H and O–H groups in total. The van der Waals surface area contributed by atoms with E-state index in [1.165, 1.54) is 6.20 Å². The van der Waals surface area contributed by atoms with Gasteiger partial charge in [0.25, 0.3) is 5.91 Å². The number of aromatic nitrogens is 1. The minimum atomic E-state index is -0.606. The van der Waals surface area contributed by atoms with Crippen LogP contribution in [0.5, 0.6) is 0 Å². The number of hydrogen-bond donors (Lipinski definition) is 1. The summed E-state index contributed by atoms with van der Waals surface area (Å²) in [5.74, 6) is -1.24. The Morgan fingerprint density at radius 3 is 2.68 bits per heavy atom. The van der Waals surface area contributed by atoms with Crippen molar-refractivity contribution >= 4 is 46.3 Å². The molecule has 0 aliphatic heterocycles. The summed E-state index contributed by atoms with van der Waals surface area (Å²) >= 11 is 7.36. The van der Waals surface area contributed by atoms with Gasteiger partial charge >= 0.3 is 5.97 Å². The van der Waals surface area contributed by atoms with E-state index in [1.807, 2.05) is 19.9 Å². The standard InChI is InChI=1S/C17H17ClN2O4S/c1-10-8-12(11(2)25-10)14(21)5-6-16(23)24-9-15(22)20-13-4-3-7-19-17(13)18/h3-4,7-8H,5-6,9H2,1-2H3,(H,20,22). The molecule has 8 heteroatoms. The van der Waals surface area contributed by atoms with Gasteiger partial charge in [0.2, 0.25) is 0 Å². The van der Waals surface area contributed by atoms with E-state index in [2.05, 4.69) is 10.3 Å². The van der Waals surface area contributed by atoms with Gasteiger partial charge in [0.1, 0.15) is 0 Å². The van der Waals surface area contributed by atoms with E-state index in [4.69, 9.17) is 16.3 Å². The maximum Gasteiger partial charge on any atom is 0.306 e. The predicted octanol–water partition coefficient (Wildman–Crippen LogP) is 3.56. The molecule has 2 aromatic rings. The van der Waals surface area contributed by atoms with E-state index in [0.717, 1.165) is 9.75 Å². The molecule has 2 heterocycles. The molecule has 0 fully saturated rings. The molecule has 0 radical (unpaired) electrons. The number of carbonyl (C=O) groups is 3. The first-order valence-corrected chi connectivity index (χ1v) is 8.72. The van der Waals surface area contributed by atoms with E-state index in [1.54, 1.807) is 23.5 Å². The molecule has 0 saturated heterocycles. The van der Waals surface area contributed by atoms with Crippen LogP contribution >= 0.6 is 22.9 Å². The first-order chi connectivity index (χ1) is 11.9. The van der Waals surface area contributed by atoms with Crippen molar-refractivity contribution in [1.29, 1.82) is 0 Å². The van der Waals surface area contributed by atoms with E-state index in [9.17, 15) is 14.4 Å². The average molecular weight is 381 g/mol. The van der Waals surface area contributed by atoms with Gasteiger partial charge in [-0.05, 0) is 32.0 Å². The van der Waals surface area contributed by atoms with Crippen LogP contribution in [0.1, 0.15) is 33.0 Å². The van der Waals surface area contributed by atoms with Crippen molar-refractivity contribution in [3.05, 3.63) is 44.9 Å². The predicted molar refractivity (Wildman–Crippen MR) is 96.2 cm³/mol. The van der Waals surface area contributed by atoms with Gasteiger partial charge in [-0.15, -0.1) is 11.3 Å². The minimum Gasteiger partial charge on any atom is -0.456 e. The maximum absolute atomic E-state index is 12.1. The first kappa shape index (κ1) is 19.1. The lowest BCUT2D eigenvalue weighted by Gasteiger charge is -2.07. The van der Waals surface area contributed by atoms with Crippen LogP contribution in [0, 0.1) is 13.8 Å². The number of pyridine rings is 1. The lowest BCUT2D eigenvalue weighted by molar-refractivity contribution is -0.147. The summed E-state index contributed by atoms with van der Waals surface area (Å²) in [6.45, 7) is 3.35. The van der Waals surface area contributed by atoms with Crippen molar-refractivity contribution in [2.75, 3.05) is 11.9 Å². The van der Waals surface area contributed by atoms with Gasteiger partial charge in [-0.25, -0.2) is 4.98 Å². The lowest BCUT2D eigenvalue weighted by atomic mass is 10.1. The highest BCUT2D eigenvalue weighted by molar-refractivity contribution is 7.12. The highest BCUT2D eigenvalue weighted by atomic mass is 35.5. The second-order valence-electron chi connectivity index (χ2n) is 5.30. The molecule has 0 atom stereocenters. The summed E-state index contributed by atoms with van der Waals surface area (Å²) in [5.41, 5.74) is 0.975. The largest absolute Gasteiger partial charge is 0.456 e. The Labute approximate surface area is 154 Å². The fourth-order valence-electron chi connectivity index (χ4n) is 2.14. The highest BCUT2D eigenvalue weighted by Gasteiger charge is 2.15. The van der Waals surface area contributed by atoms with Crippen molar-refractivity contribution in [2.24, 2.45) is 0 Å². The van der Waals surface area contributed by atoms with Crippen molar-refractivity contribution < 1.29 is 19.1 Å². The Hall–Kier alpha value is -2.25. The summed E-state index contributed by atoms with van der Waals surface area (Å²) in [6, 6.07) is 5.02. The SMILES string of the molecule is Cc1cc(C(=O)CCC(=O)OCC(=O)Nc2cccnc2Cl)c(C)s1. The molecule has 0 aliphatic carbocycles. The fraction of sp³-hybridized carbons (Fsp3) is 0.294. The molecule has 6 nitrogen and oxygen atoms in total. The summed E-state index contributed by atoms with van der Waals surface area (Å²) in [4.78, 5) is 41.3. The van der Waals surface area contributed by atoms with Gasteiger partial charge in [0, 0.05) is 27.9 Å². The van der Waals surface area contributed by atoms with Crippen LogP contribution in [0.15, 0.2) is 24.4 Å². The first-order valence-electron chi connectivity index (χ1n) is 7.53. The molecular formula is C17H17ClN2O4S. The van der Waals surface area contributed by atoms with Gasteiger partial charge in [-0.1, -0.05) is 11.6 Å². The molecule has 25 heavy (non-hydrogen) atoms. The highest BCUT2D eigenvalue weighted by Crippen LogP contribution is 2.22. The van der Waals surface area contributed by atoms with Crippen LogP contribution in [0.3, 0.4) is 0 Å². The molecule has 0 aliphatic rings. The van der Waals surface area contributed by atoms with E-state index in [0.29, 0.717) is 11.3 Å². The maximum atomic E-state index is 12.1. The molecule has 132 valence electrons. The Morgan fingerprint density at radius 1 is 1.28 bits per heavy atom. The number of rotatable bonds is 7. The molecule has 2 rings (SSSR count). The number of ether oxygens (including phenoxy) is 1. The fourth-order valence-corrected chi connectivity index (χ4v) is 3.25. The van der Waals surface area contributed by atoms with Crippen molar-refractivity contribution in [1.82, 2.24) is 4.98 Å². The second-order valence-corrected chi connectivity index (χ2v) is 7.12. The minimum absolute atomic E-state index is 0.0475. The summed E-state index contributed by atoms with van der Waals surface area (Å²) in [6.07, 6.45) is 1.46. The van der Waals surface area contributed by atoms with Crippen molar-refractivity contribution in [3.63, 3.8) is 0 Å². The zero-order valence-electron chi connectivity index (χ0n) is 13.8.